The van der Waals surface area contributed by atoms with Crippen molar-refractivity contribution in [3.63, 3.8) is 0 Å². The fraction of sp³-hybridized carbons (Fsp3) is 0.0769. The van der Waals surface area contributed by atoms with Crippen LogP contribution in [0.1, 0.15) is 69.5 Å². The molecule has 0 fully saturated rings. The molecule has 0 bridgehead atoms. The zero-order chi connectivity index (χ0) is 43.5. The molecule has 0 amide bonds. The average molecular weight is 838 g/mol. The molecule has 2 spiro atoms. The smallest absolute Gasteiger partial charge is 0.0726 e. The first-order chi connectivity index (χ1) is 32.5. The third-order valence-corrected chi connectivity index (χ3v) is 16.3. The van der Waals surface area contributed by atoms with Gasteiger partial charge in [-0.3, -0.25) is 0 Å². The highest BCUT2D eigenvalue weighted by atomic mass is 15.1. The molecular weight excluding hydrogens is 795 g/mol. The summed E-state index contributed by atoms with van der Waals surface area (Å²) < 4.78 is 0. The highest BCUT2D eigenvalue weighted by Gasteiger charge is 2.53. The lowest BCUT2D eigenvalue weighted by Gasteiger charge is -2.35. The van der Waals surface area contributed by atoms with Gasteiger partial charge in [-0.1, -0.05) is 208 Å². The van der Waals surface area contributed by atoms with Gasteiger partial charge in [0.2, 0.25) is 0 Å². The second kappa shape index (κ2) is 12.6. The van der Waals surface area contributed by atoms with Crippen LogP contribution in [0.25, 0.3) is 55.6 Å². The first kappa shape index (κ1) is 36.4. The minimum Gasteiger partial charge on any atom is -0.310 e. The predicted molar refractivity (Wildman–Crippen MR) is 271 cm³/mol. The van der Waals surface area contributed by atoms with Crippen LogP contribution in [0.3, 0.4) is 0 Å². The molecule has 0 aliphatic heterocycles. The van der Waals surface area contributed by atoms with Crippen molar-refractivity contribution in [3.8, 4) is 55.6 Å². The highest BCUT2D eigenvalue weighted by molar-refractivity contribution is 6.00. The molecule has 1 nitrogen and oxygen atoms in total. The van der Waals surface area contributed by atoms with Crippen LogP contribution in [0, 0.1) is 0 Å². The maximum absolute atomic E-state index is 2.61. The van der Waals surface area contributed by atoms with E-state index >= 15 is 0 Å². The number of benzene rings is 10. The topological polar surface area (TPSA) is 3.24 Å². The lowest BCUT2D eigenvalue weighted by atomic mass is 9.70. The third-order valence-electron chi connectivity index (χ3n) is 16.3. The number of fused-ring (bicyclic) bond motifs is 23. The van der Waals surface area contributed by atoms with Gasteiger partial charge in [0.25, 0.3) is 0 Å². The van der Waals surface area contributed by atoms with Gasteiger partial charge in [0.05, 0.1) is 16.5 Å². The van der Waals surface area contributed by atoms with Gasteiger partial charge in [-0.2, -0.15) is 0 Å². The van der Waals surface area contributed by atoms with Gasteiger partial charge in [-0.05, 0) is 142 Å². The second-order valence-electron chi connectivity index (χ2n) is 19.4. The monoisotopic (exact) mass is 837 g/mol. The van der Waals surface area contributed by atoms with Crippen molar-refractivity contribution in [2.75, 3.05) is 4.90 Å². The fourth-order valence-corrected chi connectivity index (χ4v) is 13.9. The van der Waals surface area contributed by atoms with E-state index in [0.717, 1.165) is 11.4 Å². The highest BCUT2D eigenvalue weighted by Crippen LogP contribution is 2.66. The van der Waals surface area contributed by atoms with Gasteiger partial charge in [0.15, 0.2) is 0 Å². The standard InChI is InChI=1S/C65H43N/c1-63(2)52-26-10-3-24-48(52)51-25-17-33-61(62(51)63)66(40-34-36-49-46-22-8-15-31-57(46)64(59(49)38-40)53-27-11-4-18-42(53)43-19-5-12-28-54(43)64)41-35-37-50-47-23-9-16-32-58(47)65(60(50)39-41)55-29-13-6-20-44(55)45-21-7-14-30-56(45)65/h3-39H,1-2H3. The molecule has 0 unspecified atom stereocenters. The average Bonchev–Trinajstić information content (AvgIpc) is 4.10. The Hall–Kier alpha value is -8.00. The van der Waals surface area contributed by atoms with Crippen LogP contribution >= 0.6 is 0 Å². The molecule has 5 aliphatic rings. The van der Waals surface area contributed by atoms with Crippen molar-refractivity contribution in [1.82, 2.24) is 0 Å². The van der Waals surface area contributed by atoms with Crippen LogP contribution in [-0.2, 0) is 16.2 Å². The number of rotatable bonds is 3. The largest absolute Gasteiger partial charge is 0.310 e. The molecule has 0 N–H and O–H groups in total. The Labute approximate surface area is 386 Å². The molecule has 0 saturated heterocycles. The normalized spacial score (nSPS) is 15.5. The lowest BCUT2D eigenvalue weighted by molar-refractivity contribution is 0.660. The van der Waals surface area contributed by atoms with E-state index < -0.39 is 10.8 Å². The summed E-state index contributed by atoms with van der Waals surface area (Å²) >= 11 is 0. The number of hydrogen-bond donors (Lipinski definition) is 0. The summed E-state index contributed by atoms with van der Waals surface area (Å²) in [5.74, 6) is 0. The molecule has 0 aromatic heterocycles. The zero-order valence-corrected chi connectivity index (χ0v) is 36.8. The molecular formula is C65H43N. The van der Waals surface area contributed by atoms with Gasteiger partial charge >= 0.3 is 0 Å². The fourth-order valence-electron chi connectivity index (χ4n) is 13.9. The maximum atomic E-state index is 2.61. The SMILES string of the molecule is CC1(C)c2ccccc2-c2cccc(N(c3ccc4c(c3)C3(c5ccccc5-c5ccccc53)c3ccccc3-4)c3ccc4c(c3)C3(c5ccccc5-c5ccccc53)c3ccccc3-4)c21. The summed E-state index contributed by atoms with van der Waals surface area (Å²) in [5, 5.41) is 0. The van der Waals surface area contributed by atoms with E-state index in [1.165, 1.54) is 117 Å². The summed E-state index contributed by atoms with van der Waals surface area (Å²) in [6.45, 7) is 4.83. The summed E-state index contributed by atoms with van der Waals surface area (Å²) in [7, 11) is 0. The van der Waals surface area contributed by atoms with Gasteiger partial charge < -0.3 is 4.90 Å². The van der Waals surface area contributed by atoms with E-state index in [9.17, 15) is 0 Å². The van der Waals surface area contributed by atoms with Crippen LogP contribution in [0.5, 0.6) is 0 Å². The molecule has 5 aliphatic carbocycles. The molecule has 66 heavy (non-hydrogen) atoms. The maximum Gasteiger partial charge on any atom is 0.0726 e. The van der Waals surface area contributed by atoms with E-state index in [1.807, 2.05) is 0 Å². The predicted octanol–water partition coefficient (Wildman–Crippen LogP) is 16.1. The number of hydrogen-bond acceptors (Lipinski definition) is 1. The Morgan fingerprint density at radius 1 is 0.258 bits per heavy atom. The Bertz CT molecular complexity index is 3450. The molecule has 0 radical (unpaired) electrons. The summed E-state index contributed by atoms with van der Waals surface area (Å²) in [5.41, 5.74) is 29.0. The first-order valence-corrected chi connectivity index (χ1v) is 23.4. The molecule has 0 saturated carbocycles. The molecule has 0 heterocycles. The number of anilines is 3. The molecule has 10 aromatic carbocycles. The van der Waals surface area contributed by atoms with Crippen LogP contribution < -0.4 is 4.90 Å². The zero-order valence-electron chi connectivity index (χ0n) is 36.8. The van der Waals surface area contributed by atoms with Crippen LogP contribution in [0.2, 0.25) is 0 Å². The van der Waals surface area contributed by atoms with Crippen LogP contribution in [0.4, 0.5) is 17.1 Å². The molecule has 0 atom stereocenters. The van der Waals surface area contributed by atoms with Crippen molar-refractivity contribution in [2.24, 2.45) is 0 Å². The number of nitrogens with zero attached hydrogens (tertiary/aromatic N) is 1. The van der Waals surface area contributed by atoms with Crippen molar-refractivity contribution in [2.45, 2.75) is 30.1 Å². The Balaban J connectivity index is 1.04. The minimum absolute atomic E-state index is 0.240. The van der Waals surface area contributed by atoms with Gasteiger partial charge in [0, 0.05) is 16.8 Å². The van der Waals surface area contributed by atoms with E-state index in [-0.39, 0.29) is 5.41 Å². The van der Waals surface area contributed by atoms with Crippen LogP contribution in [0.15, 0.2) is 224 Å². The van der Waals surface area contributed by atoms with Crippen molar-refractivity contribution < 1.29 is 0 Å². The van der Waals surface area contributed by atoms with Crippen molar-refractivity contribution >= 4 is 17.1 Å². The summed E-state index contributed by atoms with van der Waals surface area (Å²) in [4.78, 5) is 2.61. The van der Waals surface area contributed by atoms with E-state index in [1.54, 1.807) is 0 Å². The molecule has 308 valence electrons. The van der Waals surface area contributed by atoms with Crippen molar-refractivity contribution in [1.29, 1.82) is 0 Å². The Morgan fingerprint density at radius 3 is 0.909 bits per heavy atom. The Morgan fingerprint density at radius 2 is 0.545 bits per heavy atom. The minimum atomic E-state index is -0.462. The van der Waals surface area contributed by atoms with Gasteiger partial charge in [-0.25, -0.2) is 0 Å². The molecule has 1 heteroatoms. The molecule has 10 aromatic rings. The van der Waals surface area contributed by atoms with Crippen molar-refractivity contribution in [3.05, 3.63) is 280 Å². The second-order valence-corrected chi connectivity index (χ2v) is 19.4. The summed E-state index contributed by atoms with van der Waals surface area (Å²) in [6.07, 6.45) is 0. The van der Waals surface area contributed by atoms with Gasteiger partial charge in [-0.15, -0.1) is 0 Å². The Kier molecular flexibility index (Phi) is 6.95. The third kappa shape index (κ3) is 4.19. The van der Waals surface area contributed by atoms with E-state index in [0.29, 0.717) is 0 Å². The molecule has 15 rings (SSSR count). The summed E-state index contributed by atoms with van der Waals surface area (Å²) in [6, 6.07) is 85.6. The van der Waals surface area contributed by atoms with E-state index in [4.69, 9.17) is 0 Å². The van der Waals surface area contributed by atoms with Crippen LogP contribution in [-0.4, -0.2) is 0 Å². The lowest BCUT2D eigenvalue weighted by Crippen LogP contribution is -2.27. The van der Waals surface area contributed by atoms with E-state index in [2.05, 4.69) is 243 Å². The van der Waals surface area contributed by atoms with Gasteiger partial charge in [0.1, 0.15) is 0 Å². The quantitative estimate of drug-likeness (QED) is 0.171. The first-order valence-electron chi connectivity index (χ1n) is 23.4.